The van der Waals surface area contributed by atoms with Crippen LogP contribution in [0.4, 0.5) is 11.4 Å². The summed E-state index contributed by atoms with van der Waals surface area (Å²) in [6.45, 7) is 7.19. The summed E-state index contributed by atoms with van der Waals surface area (Å²) in [5.74, 6) is -4.02. The number of hydroxylamine groups is 2. The first-order chi connectivity index (χ1) is 33.4. The molecule has 6 rings (SSSR count). The largest absolute Gasteiger partial charge is 0.744 e. The van der Waals surface area contributed by atoms with E-state index in [-0.39, 0.29) is 95.6 Å². The molecule has 2 aromatic rings. The number of methoxy groups -OCH3 is 1. The Bertz CT molecular complexity index is 2910. The first kappa shape index (κ1) is 55.1. The van der Waals surface area contributed by atoms with Crippen molar-refractivity contribution in [3.05, 3.63) is 82.3 Å². The smallest absolute Gasteiger partial charge is 0.333 e. The predicted molar refractivity (Wildman–Crippen MR) is 248 cm³/mol. The maximum atomic E-state index is 14.4. The van der Waals surface area contributed by atoms with Crippen LogP contribution in [0.2, 0.25) is 0 Å². The molecule has 22 nitrogen and oxygen atoms in total. The lowest BCUT2D eigenvalue weighted by Gasteiger charge is -2.31. The minimum absolute atomic E-state index is 0.00834. The predicted octanol–water partition coefficient (Wildman–Crippen LogP) is 3.00. The molecule has 2 N–H and O–H groups in total. The van der Waals surface area contributed by atoms with Crippen LogP contribution < -0.4 is 4.90 Å². The van der Waals surface area contributed by atoms with Crippen molar-refractivity contribution in [1.82, 2.24) is 5.06 Å². The van der Waals surface area contributed by atoms with Gasteiger partial charge in [0.15, 0.2) is 5.71 Å². The first-order valence-corrected chi connectivity index (χ1v) is 27.1. The molecule has 0 radical (unpaired) electrons. The highest BCUT2D eigenvalue weighted by molar-refractivity contribution is 7.86. The van der Waals surface area contributed by atoms with Crippen molar-refractivity contribution in [3.63, 3.8) is 0 Å². The SMILES string of the molecule is CCN1C(=CC2=C(O)C(=CC3=[N+](CCCC(=O)ON4C(=O)CCC4=O)c4ccc(S(=O)(=O)[O-])cc4C3(C)CCOCCOCCOCCOC)C2=O)C(C)(CCCS(=O)(=O)O)c2cc(S(=O)(=O)[O-])ccc21. The molecule has 0 saturated carbocycles. The number of likely N-dealkylation sites (N-methyl/N-ethyl adjacent to an activating group) is 1. The molecule has 0 bridgehead atoms. The Morgan fingerprint density at radius 1 is 0.789 bits per heavy atom. The zero-order chi connectivity index (χ0) is 52.1. The van der Waals surface area contributed by atoms with Crippen LogP contribution in [0.25, 0.3) is 0 Å². The van der Waals surface area contributed by atoms with Gasteiger partial charge in [-0.15, -0.1) is 5.06 Å². The topological polar surface area (TPSA) is 313 Å². The van der Waals surface area contributed by atoms with Gasteiger partial charge >= 0.3 is 5.97 Å². The molecule has 2 amide bonds. The number of anilines is 1. The van der Waals surface area contributed by atoms with E-state index in [1.165, 1.54) is 36.4 Å². The number of ketones is 1. The minimum Gasteiger partial charge on any atom is -0.744 e. The van der Waals surface area contributed by atoms with Crippen molar-refractivity contribution >= 4 is 71.0 Å². The number of aliphatic hydroxyl groups excluding tert-OH is 1. The van der Waals surface area contributed by atoms with E-state index in [4.69, 9.17) is 23.8 Å². The summed E-state index contributed by atoms with van der Waals surface area (Å²) >= 11 is 0. The summed E-state index contributed by atoms with van der Waals surface area (Å²) in [6, 6.07) is 7.49. The molecule has 0 aromatic heterocycles. The van der Waals surface area contributed by atoms with Gasteiger partial charge in [-0.05, 0) is 82.0 Å². The summed E-state index contributed by atoms with van der Waals surface area (Å²) in [7, 11) is -12.8. The molecule has 3 aliphatic heterocycles. The Morgan fingerprint density at radius 2 is 1.37 bits per heavy atom. The van der Waals surface area contributed by atoms with E-state index >= 15 is 0 Å². The molecule has 0 spiro atoms. The molecule has 2 unspecified atom stereocenters. The van der Waals surface area contributed by atoms with E-state index < -0.39 is 86.1 Å². The molecule has 1 fully saturated rings. The second-order valence-corrected chi connectivity index (χ2v) is 21.8. The second-order valence-electron chi connectivity index (χ2n) is 17.5. The van der Waals surface area contributed by atoms with Crippen LogP contribution in [0, 0.1) is 0 Å². The summed E-state index contributed by atoms with van der Waals surface area (Å²) in [6.07, 6.45) is 2.27. The van der Waals surface area contributed by atoms with Crippen LogP contribution in [0.1, 0.15) is 76.8 Å². The number of allylic oxidation sites excluding steroid dienone is 5. The summed E-state index contributed by atoms with van der Waals surface area (Å²) in [4.78, 5) is 57.2. The number of nitrogens with zero attached hydrogens (tertiary/aromatic N) is 3. The molecule has 3 heterocycles. The van der Waals surface area contributed by atoms with E-state index in [9.17, 15) is 63.2 Å². The van der Waals surface area contributed by atoms with Gasteiger partial charge in [0.05, 0.1) is 78.2 Å². The molecular formula is C46H56N3O19S3-. The van der Waals surface area contributed by atoms with Crippen LogP contribution in [-0.4, -0.2) is 155 Å². The van der Waals surface area contributed by atoms with Crippen LogP contribution in [0.15, 0.2) is 80.9 Å². The average Bonchev–Trinajstić information content (AvgIpc) is 3.83. The number of hydrogen-bond donors (Lipinski definition) is 2. The van der Waals surface area contributed by atoms with Crippen LogP contribution in [0.3, 0.4) is 0 Å². The molecule has 388 valence electrons. The van der Waals surface area contributed by atoms with Gasteiger partial charge in [-0.3, -0.25) is 18.9 Å². The number of carbonyl (C=O) groups excluding carboxylic acids is 4. The lowest BCUT2D eigenvalue weighted by atomic mass is 9.74. The van der Waals surface area contributed by atoms with Crippen molar-refractivity contribution < 1.29 is 91.6 Å². The van der Waals surface area contributed by atoms with E-state index in [0.29, 0.717) is 58.8 Å². The van der Waals surface area contributed by atoms with E-state index in [1.807, 2.05) is 0 Å². The maximum absolute atomic E-state index is 14.4. The van der Waals surface area contributed by atoms with Crippen molar-refractivity contribution in [1.29, 1.82) is 0 Å². The monoisotopic (exact) mass is 1050 g/mol. The van der Waals surface area contributed by atoms with Crippen molar-refractivity contribution in [2.75, 3.05) is 77.1 Å². The lowest BCUT2D eigenvalue weighted by molar-refractivity contribution is -0.438. The minimum atomic E-state index is -4.99. The zero-order valence-corrected chi connectivity index (χ0v) is 42.0. The van der Waals surface area contributed by atoms with Crippen molar-refractivity contribution in [2.45, 2.75) is 86.3 Å². The van der Waals surface area contributed by atoms with E-state index in [0.717, 1.165) is 12.1 Å². The number of Topliss-reactive ketones (excluding diaryl/α,β-unsaturated/α-hetero) is 1. The molecular weight excluding hydrogens is 995 g/mol. The van der Waals surface area contributed by atoms with E-state index in [2.05, 4.69) is 0 Å². The highest BCUT2D eigenvalue weighted by Gasteiger charge is 2.50. The highest BCUT2D eigenvalue weighted by atomic mass is 32.2. The number of hydrogen-bond acceptors (Lipinski definition) is 19. The molecule has 25 heteroatoms. The Balaban J connectivity index is 1.39. The number of carbonyl (C=O) groups is 4. The van der Waals surface area contributed by atoms with E-state index in [1.54, 1.807) is 37.4 Å². The fourth-order valence-corrected chi connectivity index (χ4v) is 10.7. The number of ether oxygens (including phenoxy) is 4. The summed E-state index contributed by atoms with van der Waals surface area (Å²) in [5, 5.41) is 12.3. The average molecular weight is 1050 g/mol. The quantitative estimate of drug-likeness (QED) is 0.0450. The van der Waals surface area contributed by atoms with Gasteiger partial charge in [-0.2, -0.15) is 13.0 Å². The van der Waals surface area contributed by atoms with Gasteiger partial charge < -0.3 is 42.9 Å². The highest BCUT2D eigenvalue weighted by Crippen LogP contribution is 2.52. The summed E-state index contributed by atoms with van der Waals surface area (Å²) in [5.41, 5.74) is -0.697. The molecule has 4 aliphatic rings. The number of benzene rings is 2. The molecule has 2 aromatic carbocycles. The van der Waals surface area contributed by atoms with Crippen LogP contribution >= 0.6 is 0 Å². The number of fused-ring (bicyclic) bond motifs is 2. The van der Waals surface area contributed by atoms with Gasteiger partial charge in [0.2, 0.25) is 11.5 Å². The third-order valence-electron chi connectivity index (χ3n) is 12.8. The van der Waals surface area contributed by atoms with Gasteiger partial charge in [0.25, 0.3) is 21.9 Å². The lowest BCUT2D eigenvalue weighted by Crippen LogP contribution is -2.35. The Hall–Kier alpha value is -5.22. The molecule has 1 aliphatic carbocycles. The van der Waals surface area contributed by atoms with Crippen LogP contribution in [0.5, 0.6) is 0 Å². The number of amides is 2. The Morgan fingerprint density at radius 3 is 1.93 bits per heavy atom. The third kappa shape index (κ3) is 12.4. The van der Waals surface area contributed by atoms with Gasteiger partial charge in [-0.1, -0.05) is 0 Å². The fraction of sp³-hybridized carbons (Fsp3) is 0.500. The first-order valence-electron chi connectivity index (χ1n) is 22.6. The fourth-order valence-electron chi connectivity index (χ4n) is 9.15. The normalized spacial score (nSPS) is 21.5. The Kier molecular flexibility index (Phi) is 17.3. The number of imide groups is 1. The van der Waals surface area contributed by atoms with Gasteiger partial charge in [-0.25, -0.2) is 21.6 Å². The van der Waals surface area contributed by atoms with Gasteiger partial charge in [0.1, 0.15) is 32.5 Å². The van der Waals surface area contributed by atoms with Crippen molar-refractivity contribution in [2.24, 2.45) is 0 Å². The third-order valence-corrected chi connectivity index (χ3v) is 15.3. The van der Waals surface area contributed by atoms with Crippen LogP contribution in [-0.2, 0) is 84.1 Å². The number of aliphatic hydroxyl groups is 1. The molecule has 1 saturated heterocycles. The number of rotatable bonds is 26. The van der Waals surface area contributed by atoms with Gasteiger partial charge in [0, 0.05) is 74.0 Å². The second kappa shape index (κ2) is 22.3. The Labute approximate surface area is 411 Å². The molecule has 2 atom stereocenters. The standard InChI is InChI=1S/C46H57N3O19S3/c1-5-47-36-11-9-30(70(58,59)60)26-34(36)45(2,15-7-25-69(55,56)57)38(47)28-32-43(53)33(44(32)54)29-39-46(3,16-18-65-21-22-67-24-23-66-20-19-64-4)35-27-31(71(61,62)63)10-12-37(35)48(39)17-6-8-42(52)68-49-40(50)13-14-41(49)51/h9-12,26-29H,5-8,13-25H2,1-4H3,(H3-,53,54,55,56,57,58,59,60,61,62,63)/p-1. The zero-order valence-electron chi connectivity index (χ0n) is 39.5. The summed E-state index contributed by atoms with van der Waals surface area (Å²) < 4.78 is 130. The molecule has 71 heavy (non-hydrogen) atoms. The van der Waals surface area contributed by atoms with Crippen molar-refractivity contribution in [3.8, 4) is 0 Å². The maximum Gasteiger partial charge on any atom is 0.333 e.